The third-order valence-electron chi connectivity index (χ3n) is 13.0. The molecule has 0 unspecified atom stereocenters. The minimum absolute atomic E-state index is 0.566. The van der Waals surface area contributed by atoms with Crippen molar-refractivity contribution in [1.29, 1.82) is 0 Å². The number of hydrogen-bond acceptors (Lipinski definition) is 4. The summed E-state index contributed by atoms with van der Waals surface area (Å²) in [6.45, 7) is 0. The molecule has 0 atom stereocenters. The number of nitrogens with zero attached hydrogens (tertiary/aromatic N) is 4. The fourth-order valence-electron chi connectivity index (χ4n) is 9.86. The smallest absolute Gasteiger partial charge is 0.164 e. The maximum Gasteiger partial charge on any atom is 0.164 e. The molecule has 13 rings (SSSR count). The molecule has 3 aromatic heterocycles. The summed E-state index contributed by atoms with van der Waals surface area (Å²) < 4.78 is 9.47. The van der Waals surface area contributed by atoms with Gasteiger partial charge in [-0.25, -0.2) is 15.0 Å². The number of benzene rings is 10. The van der Waals surface area contributed by atoms with Gasteiger partial charge >= 0.3 is 0 Å². The van der Waals surface area contributed by atoms with Gasteiger partial charge in [0.1, 0.15) is 11.2 Å². The van der Waals surface area contributed by atoms with Crippen molar-refractivity contribution in [1.82, 2.24) is 19.5 Å². The first kappa shape index (κ1) is 39.2. The summed E-state index contributed by atoms with van der Waals surface area (Å²) in [4.78, 5) is 15.7. The van der Waals surface area contributed by atoms with Gasteiger partial charge in [-0.2, -0.15) is 0 Å². The van der Waals surface area contributed by atoms with E-state index in [9.17, 15) is 0 Å². The van der Waals surface area contributed by atoms with Gasteiger partial charge in [-0.05, 0) is 93.5 Å². The molecule has 318 valence electrons. The molecule has 10 aromatic carbocycles. The second-order valence-electron chi connectivity index (χ2n) is 17.1. The fourth-order valence-corrected chi connectivity index (χ4v) is 9.86. The van der Waals surface area contributed by atoms with E-state index in [4.69, 9.17) is 19.4 Å². The Morgan fingerprint density at radius 2 is 0.824 bits per heavy atom. The van der Waals surface area contributed by atoms with Crippen molar-refractivity contribution in [3.63, 3.8) is 0 Å². The normalized spacial score (nSPS) is 11.5. The zero-order chi connectivity index (χ0) is 45.0. The summed E-state index contributed by atoms with van der Waals surface area (Å²) in [6.07, 6.45) is 0. The minimum atomic E-state index is 0.566. The number of rotatable bonds is 8. The summed E-state index contributed by atoms with van der Waals surface area (Å²) in [5.41, 5.74) is 16.2. The molecule has 3 heterocycles. The Kier molecular flexibility index (Phi) is 9.43. The molecular formula is C63H40N4O. The molecule has 5 heteroatoms. The van der Waals surface area contributed by atoms with E-state index in [-0.39, 0.29) is 0 Å². The molecule has 0 radical (unpaired) electrons. The number of para-hydroxylation sites is 3. The molecule has 0 amide bonds. The second-order valence-corrected chi connectivity index (χ2v) is 17.1. The number of aromatic nitrogens is 4. The van der Waals surface area contributed by atoms with Gasteiger partial charge in [-0.15, -0.1) is 0 Å². The van der Waals surface area contributed by atoms with Gasteiger partial charge in [0.15, 0.2) is 17.5 Å². The highest BCUT2D eigenvalue weighted by molar-refractivity contribution is 6.25. The Hall–Kier alpha value is -9.19. The first-order valence-corrected chi connectivity index (χ1v) is 22.9. The third-order valence-corrected chi connectivity index (χ3v) is 13.0. The quantitative estimate of drug-likeness (QED) is 0.153. The summed E-state index contributed by atoms with van der Waals surface area (Å²) in [5.74, 6) is 1.76. The number of furan rings is 1. The van der Waals surface area contributed by atoms with E-state index >= 15 is 0 Å². The van der Waals surface area contributed by atoms with Gasteiger partial charge in [0.05, 0.1) is 16.4 Å². The topological polar surface area (TPSA) is 56.7 Å². The zero-order valence-corrected chi connectivity index (χ0v) is 36.8. The van der Waals surface area contributed by atoms with Gasteiger partial charge < -0.3 is 8.98 Å². The van der Waals surface area contributed by atoms with Gasteiger partial charge in [-0.1, -0.05) is 188 Å². The molecule has 68 heavy (non-hydrogen) atoms. The molecule has 0 spiro atoms. The van der Waals surface area contributed by atoms with Crippen molar-refractivity contribution < 1.29 is 4.42 Å². The van der Waals surface area contributed by atoms with E-state index < -0.39 is 0 Å². The predicted molar refractivity (Wildman–Crippen MR) is 279 cm³/mol. The van der Waals surface area contributed by atoms with Gasteiger partial charge in [0.25, 0.3) is 0 Å². The van der Waals surface area contributed by atoms with Crippen LogP contribution in [0.25, 0.3) is 128 Å². The van der Waals surface area contributed by atoms with E-state index in [2.05, 4.69) is 211 Å². The third kappa shape index (κ3) is 6.76. The molecule has 0 fully saturated rings. The van der Waals surface area contributed by atoms with Crippen molar-refractivity contribution in [2.75, 3.05) is 0 Å². The lowest BCUT2D eigenvalue weighted by Gasteiger charge is -2.16. The summed E-state index contributed by atoms with van der Waals surface area (Å²) in [7, 11) is 0. The summed E-state index contributed by atoms with van der Waals surface area (Å²) >= 11 is 0. The highest BCUT2D eigenvalue weighted by Crippen LogP contribution is 2.46. The Balaban J connectivity index is 1.09. The van der Waals surface area contributed by atoms with E-state index in [1.54, 1.807) is 0 Å². The Morgan fingerprint density at radius 3 is 1.44 bits per heavy atom. The van der Waals surface area contributed by atoms with Crippen LogP contribution in [0.1, 0.15) is 0 Å². The van der Waals surface area contributed by atoms with Crippen molar-refractivity contribution in [3.8, 4) is 84.4 Å². The van der Waals surface area contributed by atoms with Gasteiger partial charge in [0.2, 0.25) is 0 Å². The Morgan fingerprint density at radius 1 is 0.309 bits per heavy atom. The molecule has 0 aliphatic carbocycles. The fraction of sp³-hybridized carbons (Fsp3) is 0. The molecular weight excluding hydrogens is 829 g/mol. The van der Waals surface area contributed by atoms with Crippen molar-refractivity contribution in [3.05, 3.63) is 243 Å². The van der Waals surface area contributed by atoms with Crippen LogP contribution in [0.4, 0.5) is 0 Å². The number of hydrogen-bond donors (Lipinski definition) is 0. The molecule has 0 aliphatic rings. The Labute approximate surface area is 392 Å². The minimum Gasteiger partial charge on any atom is -0.455 e. The van der Waals surface area contributed by atoms with Crippen LogP contribution in [0.5, 0.6) is 0 Å². The van der Waals surface area contributed by atoms with Crippen LogP contribution < -0.4 is 0 Å². The summed E-state index contributed by atoms with van der Waals surface area (Å²) in [5, 5.41) is 4.48. The largest absolute Gasteiger partial charge is 0.455 e. The van der Waals surface area contributed by atoms with Gasteiger partial charge in [0, 0.05) is 44.1 Å². The van der Waals surface area contributed by atoms with Crippen LogP contribution in [0, 0.1) is 0 Å². The lowest BCUT2D eigenvalue weighted by atomic mass is 9.90. The van der Waals surface area contributed by atoms with Crippen molar-refractivity contribution in [2.24, 2.45) is 0 Å². The average Bonchev–Trinajstić information content (AvgIpc) is 3.98. The first-order chi connectivity index (χ1) is 33.7. The maximum atomic E-state index is 7.09. The average molecular weight is 869 g/mol. The van der Waals surface area contributed by atoms with Crippen molar-refractivity contribution >= 4 is 43.7 Å². The highest BCUT2D eigenvalue weighted by Gasteiger charge is 2.23. The maximum absolute atomic E-state index is 7.09. The van der Waals surface area contributed by atoms with Crippen LogP contribution in [-0.4, -0.2) is 19.5 Å². The Bertz CT molecular complexity index is 3880. The SMILES string of the molecule is c1ccc(-c2cc(-c3ccccc3)cc(-c3ccc(-c4cccc5c4oc4ccc6c7ccccc7n(-c7ccccc7)c6c45)c(-c4nc(-c5ccccc5)nc(-c5ccccc5)n4)c3)c2)cc1. The van der Waals surface area contributed by atoms with E-state index in [0.29, 0.717) is 17.5 Å². The molecule has 0 N–H and O–H groups in total. The standard InChI is InChI=1S/C63H40N4O/c1-6-19-41(20-7-1)46-37-47(42-21-8-2-9-22-42)39-48(38-46)45-33-34-50(55(40-45)63-65-61(43-23-10-3-11-24-43)64-62(66-63)44-25-12-4-13-26-44)53-30-18-31-54-58-57(68-60(53)54)36-35-52-51-29-16-17-32-56(51)67(59(52)58)49-27-14-5-15-28-49/h1-40H. The molecule has 0 bridgehead atoms. The molecule has 13 aromatic rings. The van der Waals surface area contributed by atoms with Crippen LogP contribution in [0.15, 0.2) is 247 Å². The lowest BCUT2D eigenvalue weighted by Crippen LogP contribution is -2.01. The molecule has 0 saturated carbocycles. The monoisotopic (exact) mass is 868 g/mol. The van der Waals surface area contributed by atoms with Crippen LogP contribution >= 0.6 is 0 Å². The van der Waals surface area contributed by atoms with Crippen molar-refractivity contribution in [2.45, 2.75) is 0 Å². The van der Waals surface area contributed by atoms with Crippen LogP contribution in [-0.2, 0) is 0 Å². The van der Waals surface area contributed by atoms with E-state index in [1.807, 2.05) is 36.4 Å². The second kappa shape index (κ2) is 16.4. The highest BCUT2D eigenvalue weighted by atomic mass is 16.3. The molecule has 5 nitrogen and oxygen atoms in total. The summed E-state index contributed by atoms with van der Waals surface area (Å²) in [6, 6.07) is 85.1. The predicted octanol–water partition coefficient (Wildman–Crippen LogP) is 16.5. The van der Waals surface area contributed by atoms with Gasteiger partial charge in [-0.3, -0.25) is 0 Å². The van der Waals surface area contributed by atoms with Crippen LogP contribution in [0.3, 0.4) is 0 Å². The van der Waals surface area contributed by atoms with E-state index in [1.165, 1.54) is 10.8 Å². The lowest BCUT2D eigenvalue weighted by molar-refractivity contribution is 0.670. The molecule has 0 aliphatic heterocycles. The van der Waals surface area contributed by atoms with Crippen LogP contribution in [0.2, 0.25) is 0 Å². The molecule has 0 saturated heterocycles. The van der Waals surface area contributed by atoms with E-state index in [0.717, 1.165) is 99.9 Å². The zero-order valence-electron chi connectivity index (χ0n) is 36.8. The first-order valence-electron chi connectivity index (χ1n) is 22.9. The number of fused-ring (bicyclic) bond motifs is 7.